The molecule has 1 atom stereocenters. The highest BCUT2D eigenvalue weighted by molar-refractivity contribution is 6.30. The number of hydrogen-bond donors (Lipinski definition) is 2. The highest BCUT2D eigenvalue weighted by Gasteiger charge is 2.15. The third-order valence-corrected chi connectivity index (χ3v) is 3.12. The Balaban J connectivity index is 2.52. The van der Waals surface area contributed by atoms with Crippen LogP contribution in [0.5, 0.6) is 0 Å². The number of carbonyl (C=O) groups is 1. The second-order valence-electron chi connectivity index (χ2n) is 4.73. The maximum absolute atomic E-state index is 11.9. The van der Waals surface area contributed by atoms with Gasteiger partial charge in [0.25, 0.3) is 0 Å². The standard InChI is InChI=1S/C14H20ClNO2/c1-10(2)13(7-8-17)16-14(18)9-11-3-5-12(15)6-4-11/h3-6,10,13,17H,7-9H2,1-2H3,(H,16,18). The third-order valence-electron chi connectivity index (χ3n) is 2.87. The van der Waals surface area contributed by atoms with Gasteiger partial charge >= 0.3 is 0 Å². The Morgan fingerprint density at radius 3 is 2.44 bits per heavy atom. The zero-order valence-electron chi connectivity index (χ0n) is 10.8. The van der Waals surface area contributed by atoms with Gasteiger partial charge in [0.15, 0.2) is 0 Å². The predicted octanol–water partition coefficient (Wildman–Crippen LogP) is 2.41. The molecule has 0 heterocycles. The Kier molecular flexibility index (Phi) is 6.16. The highest BCUT2D eigenvalue weighted by Crippen LogP contribution is 2.11. The summed E-state index contributed by atoms with van der Waals surface area (Å²) in [6.07, 6.45) is 0.926. The fraction of sp³-hybridized carbons (Fsp3) is 0.500. The number of carbonyl (C=O) groups excluding carboxylic acids is 1. The molecular formula is C14H20ClNO2. The maximum atomic E-state index is 11.9. The molecule has 1 aromatic carbocycles. The van der Waals surface area contributed by atoms with Gasteiger partial charge in [-0.25, -0.2) is 0 Å². The van der Waals surface area contributed by atoms with E-state index in [2.05, 4.69) is 5.32 Å². The molecule has 0 aliphatic carbocycles. The lowest BCUT2D eigenvalue weighted by molar-refractivity contribution is -0.121. The number of amides is 1. The van der Waals surface area contributed by atoms with Crippen LogP contribution in [0.25, 0.3) is 0 Å². The van der Waals surface area contributed by atoms with Crippen LogP contribution in [0.2, 0.25) is 5.02 Å². The van der Waals surface area contributed by atoms with Crippen molar-refractivity contribution in [3.05, 3.63) is 34.9 Å². The van der Waals surface area contributed by atoms with Crippen LogP contribution in [-0.4, -0.2) is 23.7 Å². The minimum Gasteiger partial charge on any atom is -0.396 e. The van der Waals surface area contributed by atoms with Crippen molar-refractivity contribution in [1.82, 2.24) is 5.32 Å². The average molecular weight is 270 g/mol. The summed E-state index contributed by atoms with van der Waals surface area (Å²) in [5.74, 6) is 0.288. The van der Waals surface area contributed by atoms with E-state index in [0.29, 0.717) is 23.8 Å². The smallest absolute Gasteiger partial charge is 0.224 e. The van der Waals surface area contributed by atoms with Crippen LogP contribution in [0.4, 0.5) is 0 Å². The van der Waals surface area contributed by atoms with Crippen molar-refractivity contribution in [2.75, 3.05) is 6.61 Å². The van der Waals surface area contributed by atoms with Crippen molar-refractivity contribution in [2.24, 2.45) is 5.92 Å². The summed E-state index contributed by atoms with van der Waals surface area (Å²) in [6.45, 7) is 4.15. The minimum atomic E-state index is -0.0236. The van der Waals surface area contributed by atoms with Crippen LogP contribution in [0.3, 0.4) is 0 Å². The molecule has 0 radical (unpaired) electrons. The zero-order valence-corrected chi connectivity index (χ0v) is 11.6. The first-order valence-corrected chi connectivity index (χ1v) is 6.55. The van der Waals surface area contributed by atoms with Gasteiger partial charge in [0.05, 0.1) is 6.42 Å². The normalized spacial score (nSPS) is 12.5. The molecule has 0 aromatic heterocycles. The molecule has 100 valence electrons. The Bertz CT molecular complexity index is 376. The predicted molar refractivity (Wildman–Crippen MR) is 73.6 cm³/mol. The van der Waals surface area contributed by atoms with E-state index in [1.807, 2.05) is 26.0 Å². The number of hydrogen-bond acceptors (Lipinski definition) is 2. The second-order valence-corrected chi connectivity index (χ2v) is 5.17. The lowest BCUT2D eigenvalue weighted by Gasteiger charge is -2.21. The topological polar surface area (TPSA) is 49.3 Å². The average Bonchev–Trinajstić information content (AvgIpc) is 2.31. The second kappa shape index (κ2) is 7.39. The molecule has 4 heteroatoms. The molecule has 1 unspecified atom stereocenters. The van der Waals surface area contributed by atoms with Gasteiger partial charge in [0, 0.05) is 17.7 Å². The van der Waals surface area contributed by atoms with Gasteiger partial charge in [-0.3, -0.25) is 4.79 Å². The summed E-state index contributed by atoms with van der Waals surface area (Å²) < 4.78 is 0. The van der Waals surface area contributed by atoms with Crippen molar-refractivity contribution in [3.63, 3.8) is 0 Å². The van der Waals surface area contributed by atoms with E-state index < -0.39 is 0 Å². The molecule has 0 bridgehead atoms. The maximum Gasteiger partial charge on any atom is 0.224 e. The molecule has 0 aliphatic rings. The molecule has 0 fully saturated rings. The zero-order chi connectivity index (χ0) is 13.5. The molecule has 18 heavy (non-hydrogen) atoms. The lowest BCUT2D eigenvalue weighted by Crippen LogP contribution is -2.39. The fourth-order valence-electron chi connectivity index (χ4n) is 1.76. The lowest BCUT2D eigenvalue weighted by atomic mass is 10.0. The third kappa shape index (κ3) is 5.07. The number of rotatable bonds is 6. The molecule has 0 saturated heterocycles. The van der Waals surface area contributed by atoms with Gasteiger partial charge in [-0.2, -0.15) is 0 Å². The van der Waals surface area contributed by atoms with Gasteiger partial charge < -0.3 is 10.4 Å². The SMILES string of the molecule is CC(C)C(CCO)NC(=O)Cc1ccc(Cl)cc1. The van der Waals surface area contributed by atoms with Gasteiger partial charge in [-0.1, -0.05) is 37.6 Å². The van der Waals surface area contributed by atoms with E-state index in [1.165, 1.54) is 0 Å². The summed E-state index contributed by atoms with van der Waals surface area (Å²) in [5, 5.41) is 12.6. The Hall–Kier alpha value is -1.06. The quantitative estimate of drug-likeness (QED) is 0.833. The molecule has 0 saturated carbocycles. The summed E-state index contributed by atoms with van der Waals surface area (Å²) in [6, 6.07) is 7.27. The van der Waals surface area contributed by atoms with Crippen LogP contribution in [0.1, 0.15) is 25.8 Å². The Labute approximate surface area is 113 Å². The Morgan fingerprint density at radius 1 is 1.33 bits per heavy atom. The Morgan fingerprint density at radius 2 is 1.94 bits per heavy atom. The molecule has 1 amide bonds. The molecule has 0 aliphatic heterocycles. The van der Waals surface area contributed by atoms with Gasteiger partial charge in [-0.05, 0) is 30.0 Å². The van der Waals surface area contributed by atoms with Crippen LogP contribution < -0.4 is 5.32 Å². The van der Waals surface area contributed by atoms with Crippen molar-refractivity contribution >= 4 is 17.5 Å². The molecule has 3 nitrogen and oxygen atoms in total. The first-order chi connectivity index (χ1) is 8.52. The first kappa shape index (κ1) is 15.0. The van der Waals surface area contributed by atoms with Crippen molar-refractivity contribution in [2.45, 2.75) is 32.7 Å². The van der Waals surface area contributed by atoms with Crippen molar-refractivity contribution < 1.29 is 9.90 Å². The monoisotopic (exact) mass is 269 g/mol. The summed E-state index contributed by atoms with van der Waals surface area (Å²) >= 11 is 5.79. The van der Waals surface area contributed by atoms with Gasteiger partial charge in [0.1, 0.15) is 0 Å². The highest BCUT2D eigenvalue weighted by atomic mass is 35.5. The summed E-state index contributed by atoms with van der Waals surface area (Å²) in [4.78, 5) is 11.9. The van der Waals surface area contributed by atoms with E-state index in [-0.39, 0.29) is 18.6 Å². The first-order valence-electron chi connectivity index (χ1n) is 6.17. The number of aliphatic hydroxyl groups excluding tert-OH is 1. The molecule has 1 aromatic rings. The largest absolute Gasteiger partial charge is 0.396 e. The molecular weight excluding hydrogens is 250 g/mol. The fourth-order valence-corrected chi connectivity index (χ4v) is 1.88. The molecule has 1 rings (SSSR count). The van der Waals surface area contributed by atoms with Crippen LogP contribution in [0.15, 0.2) is 24.3 Å². The molecule has 2 N–H and O–H groups in total. The van der Waals surface area contributed by atoms with Gasteiger partial charge in [-0.15, -0.1) is 0 Å². The van der Waals surface area contributed by atoms with E-state index in [0.717, 1.165) is 5.56 Å². The van der Waals surface area contributed by atoms with Crippen molar-refractivity contribution in [1.29, 1.82) is 0 Å². The molecule has 0 spiro atoms. The number of nitrogens with one attached hydrogen (secondary N) is 1. The van der Waals surface area contributed by atoms with E-state index >= 15 is 0 Å². The number of benzene rings is 1. The van der Waals surface area contributed by atoms with E-state index in [4.69, 9.17) is 16.7 Å². The van der Waals surface area contributed by atoms with Gasteiger partial charge in [0.2, 0.25) is 5.91 Å². The van der Waals surface area contributed by atoms with E-state index in [9.17, 15) is 4.79 Å². The minimum absolute atomic E-state index is 0.0230. The van der Waals surface area contributed by atoms with Crippen molar-refractivity contribution in [3.8, 4) is 0 Å². The van der Waals surface area contributed by atoms with Crippen LogP contribution in [0, 0.1) is 5.92 Å². The summed E-state index contributed by atoms with van der Waals surface area (Å²) in [7, 11) is 0. The van der Waals surface area contributed by atoms with Crippen LogP contribution in [-0.2, 0) is 11.2 Å². The number of halogens is 1. The van der Waals surface area contributed by atoms with E-state index in [1.54, 1.807) is 12.1 Å². The van der Waals surface area contributed by atoms with Crippen LogP contribution >= 0.6 is 11.6 Å². The number of aliphatic hydroxyl groups is 1. The summed E-state index contributed by atoms with van der Waals surface area (Å²) in [5.41, 5.74) is 0.934.